The lowest BCUT2D eigenvalue weighted by atomic mass is 10.2. The number of thiophene rings is 1. The van der Waals surface area contributed by atoms with Gasteiger partial charge in [-0.2, -0.15) is 0 Å². The van der Waals surface area contributed by atoms with Gasteiger partial charge in [0.1, 0.15) is 12.4 Å². The predicted octanol–water partition coefficient (Wildman–Crippen LogP) is 4.89. The van der Waals surface area contributed by atoms with E-state index in [0.717, 1.165) is 32.1 Å². The first-order valence-corrected chi connectivity index (χ1v) is 8.17. The first-order chi connectivity index (χ1) is 9.70. The fourth-order valence-corrected chi connectivity index (χ4v) is 3.14. The molecule has 1 saturated carbocycles. The van der Waals surface area contributed by atoms with Gasteiger partial charge < -0.3 is 10.1 Å². The zero-order chi connectivity index (χ0) is 13.9. The average Bonchev–Trinajstić information content (AvgIpc) is 3.17. The molecule has 0 aliphatic heterocycles. The molecule has 20 heavy (non-hydrogen) atoms. The number of hydrogen-bond acceptors (Lipinski definition) is 3. The second-order valence-electron chi connectivity index (χ2n) is 4.90. The largest absolute Gasteiger partial charge is 0.488 e. The van der Waals surface area contributed by atoms with Gasteiger partial charge in [-0.15, -0.1) is 11.3 Å². The summed E-state index contributed by atoms with van der Waals surface area (Å²) in [5, 5.41) is 4.23. The van der Waals surface area contributed by atoms with Crippen LogP contribution in [0.1, 0.15) is 23.3 Å². The molecule has 1 N–H and O–H groups in total. The van der Waals surface area contributed by atoms with Gasteiger partial charge in [0, 0.05) is 28.0 Å². The fourth-order valence-electron chi connectivity index (χ4n) is 1.95. The molecular weight excluding hydrogens is 313 g/mol. The summed E-state index contributed by atoms with van der Waals surface area (Å²) < 4.78 is 6.68. The van der Waals surface area contributed by atoms with Crippen molar-refractivity contribution in [2.45, 2.75) is 32.0 Å². The van der Waals surface area contributed by atoms with Crippen molar-refractivity contribution in [1.29, 1.82) is 0 Å². The maximum Gasteiger partial charge on any atom is 0.124 e. The van der Waals surface area contributed by atoms with Gasteiger partial charge in [-0.3, -0.25) is 0 Å². The highest BCUT2D eigenvalue weighted by molar-refractivity contribution is 7.16. The molecule has 0 bridgehead atoms. The van der Waals surface area contributed by atoms with Crippen LogP contribution in [0, 0.1) is 0 Å². The zero-order valence-corrected chi connectivity index (χ0v) is 13.2. The average molecular weight is 328 g/mol. The molecule has 1 aliphatic rings. The molecular formula is C15H15Cl2NOS. The minimum absolute atomic E-state index is 0.537. The van der Waals surface area contributed by atoms with E-state index in [4.69, 9.17) is 27.9 Å². The van der Waals surface area contributed by atoms with Crippen molar-refractivity contribution in [2.24, 2.45) is 0 Å². The van der Waals surface area contributed by atoms with Gasteiger partial charge >= 0.3 is 0 Å². The van der Waals surface area contributed by atoms with Gasteiger partial charge in [0.05, 0.1) is 4.34 Å². The van der Waals surface area contributed by atoms with Crippen LogP contribution < -0.4 is 10.1 Å². The van der Waals surface area contributed by atoms with Crippen molar-refractivity contribution in [3.05, 3.63) is 50.1 Å². The lowest BCUT2D eigenvalue weighted by Crippen LogP contribution is -2.16. The maximum atomic E-state index is 6.07. The molecule has 0 saturated heterocycles. The van der Waals surface area contributed by atoms with Crippen LogP contribution in [0.2, 0.25) is 9.36 Å². The Kier molecular flexibility index (Phi) is 4.51. The molecule has 106 valence electrons. The Morgan fingerprint density at radius 2 is 2.05 bits per heavy atom. The van der Waals surface area contributed by atoms with Crippen LogP contribution in [-0.4, -0.2) is 6.04 Å². The Bertz CT molecular complexity index is 595. The highest BCUT2D eigenvalue weighted by Crippen LogP contribution is 2.27. The quantitative estimate of drug-likeness (QED) is 0.815. The molecule has 3 rings (SSSR count). The Hall–Kier alpha value is -0.740. The van der Waals surface area contributed by atoms with Crippen LogP contribution in [0.25, 0.3) is 0 Å². The third kappa shape index (κ3) is 3.89. The normalized spacial score (nSPS) is 14.5. The highest BCUT2D eigenvalue weighted by atomic mass is 35.5. The van der Waals surface area contributed by atoms with Gasteiger partial charge in [-0.05, 0) is 43.2 Å². The van der Waals surface area contributed by atoms with E-state index in [1.807, 2.05) is 30.3 Å². The number of halogens is 2. The Labute approximate surface area is 132 Å². The van der Waals surface area contributed by atoms with Crippen LogP contribution >= 0.6 is 34.5 Å². The van der Waals surface area contributed by atoms with E-state index < -0.39 is 0 Å². The van der Waals surface area contributed by atoms with E-state index in [1.54, 1.807) is 11.3 Å². The summed E-state index contributed by atoms with van der Waals surface area (Å²) in [5.41, 5.74) is 1.10. The molecule has 1 aliphatic carbocycles. The molecule has 1 aromatic carbocycles. The minimum atomic E-state index is 0.537. The Morgan fingerprint density at radius 1 is 1.20 bits per heavy atom. The summed E-state index contributed by atoms with van der Waals surface area (Å²) >= 11 is 13.5. The molecule has 1 fully saturated rings. The Morgan fingerprint density at radius 3 is 2.75 bits per heavy atom. The third-order valence-corrected chi connectivity index (χ3v) is 4.62. The second kappa shape index (κ2) is 6.35. The highest BCUT2D eigenvalue weighted by Gasteiger charge is 2.20. The fraction of sp³-hybridized carbons (Fsp3) is 0.333. The number of rotatable bonds is 6. The van der Waals surface area contributed by atoms with Crippen molar-refractivity contribution in [2.75, 3.05) is 0 Å². The second-order valence-corrected chi connectivity index (χ2v) is 7.14. The molecule has 5 heteroatoms. The van der Waals surface area contributed by atoms with E-state index >= 15 is 0 Å². The summed E-state index contributed by atoms with van der Waals surface area (Å²) in [7, 11) is 0. The van der Waals surface area contributed by atoms with E-state index in [2.05, 4.69) is 5.32 Å². The van der Waals surface area contributed by atoms with Gasteiger partial charge in [0.2, 0.25) is 0 Å². The third-order valence-electron chi connectivity index (χ3n) is 3.18. The summed E-state index contributed by atoms with van der Waals surface area (Å²) in [5.74, 6) is 0.882. The van der Waals surface area contributed by atoms with Crippen molar-refractivity contribution in [1.82, 2.24) is 5.32 Å². The lowest BCUT2D eigenvalue weighted by molar-refractivity contribution is 0.305. The monoisotopic (exact) mass is 327 g/mol. The predicted molar refractivity (Wildman–Crippen MR) is 85.0 cm³/mol. The van der Waals surface area contributed by atoms with Crippen LogP contribution in [0.4, 0.5) is 0 Å². The van der Waals surface area contributed by atoms with Crippen molar-refractivity contribution < 1.29 is 4.74 Å². The lowest BCUT2D eigenvalue weighted by Gasteiger charge is -2.12. The summed E-state index contributed by atoms with van der Waals surface area (Å²) in [4.78, 5) is 1.12. The topological polar surface area (TPSA) is 21.3 Å². The molecule has 0 radical (unpaired) electrons. The van der Waals surface area contributed by atoms with Crippen molar-refractivity contribution >= 4 is 34.5 Å². The van der Waals surface area contributed by atoms with Crippen LogP contribution in [0.15, 0.2) is 30.3 Å². The zero-order valence-electron chi connectivity index (χ0n) is 10.9. The smallest absolute Gasteiger partial charge is 0.124 e. The molecule has 0 atom stereocenters. The molecule has 0 spiro atoms. The maximum absolute atomic E-state index is 6.07. The van der Waals surface area contributed by atoms with Gasteiger partial charge in [-0.1, -0.05) is 23.2 Å². The SMILES string of the molecule is Clc1ccc(OCc2ccc(Cl)s2)c(CNC2CC2)c1. The minimum Gasteiger partial charge on any atom is -0.488 e. The summed E-state index contributed by atoms with van der Waals surface area (Å²) in [6.45, 7) is 1.33. The molecule has 2 aromatic rings. The van der Waals surface area contributed by atoms with Crippen LogP contribution in [0.5, 0.6) is 5.75 Å². The van der Waals surface area contributed by atoms with Crippen LogP contribution in [-0.2, 0) is 13.2 Å². The molecule has 2 nitrogen and oxygen atoms in total. The molecule has 1 aromatic heterocycles. The van der Waals surface area contributed by atoms with Gasteiger partial charge in [0.25, 0.3) is 0 Å². The van der Waals surface area contributed by atoms with E-state index in [9.17, 15) is 0 Å². The standard InChI is InChI=1S/C15H15Cl2NOS/c16-11-1-5-14(10(7-11)8-18-12-2-3-12)19-9-13-4-6-15(17)20-13/h1,4-7,12,18H,2-3,8-9H2. The van der Waals surface area contributed by atoms with E-state index in [-0.39, 0.29) is 0 Å². The Balaban J connectivity index is 1.66. The van der Waals surface area contributed by atoms with Crippen molar-refractivity contribution in [3.63, 3.8) is 0 Å². The molecule has 1 heterocycles. The summed E-state index contributed by atoms with van der Waals surface area (Å²) in [6, 6.07) is 10.3. The van der Waals surface area contributed by atoms with Gasteiger partial charge in [-0.25, -0.2) is 0 Å². The summed E-state index contributed by atoms with van der Waals surface area (Å²) in [6.07, 6.45) is 2.54. The first kappa shape index (κ1) is 14.2. The first-order valence-electron chi connectivity index (χ1n) is 6.59. The van der Waals surface area contributed by atoms with Gasteiger partial charge in [0.15, 0.2) is 0 Å². The number of ether oxygens (including phenoxy) is 1. The van der Waals surface area contributed by atoms with E-state index in [0.29, 0.717) is 12.6 Å². The molecule has 0 amide bonds. The number of nitrogens with one attached hydrogen (secondary N) is 1. The number of benzene rings is 1. The van der Waals surface area contributed by atoms with Crippen molar-refractivity contribution in [3.8, 4) is 5.75 Å². The van der Waals surface area contributed by atoms with Crippen LogP contribution in [0.3, 0.4) is 0 Å². The van der Waals surface area contributed by atoms with E-state index in [1.165, 1.54) is 12.8 Å². The molecule has 0 unspecified atom stereocenters. The number of hydrogen-bond donors (Lipinski definition) is 1.